The second kappa shape index (κ2) is 8.41. The molecule has 138 valence electrons. The molecular formula is C16H23N3O5S. The third-order valence-corrected chi connectivity index (χ3v) is 5.89. The molecule has 1 heterocycles. The monoisotopic (exact) mass is 369 g/mol. The van der Waals surface area contributed by atoms with E-state index < -0.39 is 10.0 Å². The van der Waals surface area contributed by atoms with E-state index in [1.165, 1.54) is 38.4 Å². The highest BCUT2D eigenvalue weighted by atomic mass is 32.2. The molecule has 9 heteroatoms. The number of nitrogens with zero attached hydrogens (tertiary/aromatic N) is 1. The average molecular weight is 369 g/mol. The maximum atomic E-state index is 12.5. The lowest BCUT2D eigenvalue weighted by Gasteiger charge is -2.17. The number of carbonyl (C=O) groups excluding carboxylic acids is 2. The van der Waals surface area contributed by atoms with Gasteiger partial charge in [0.15, 0.2) is 0 Å². The van der Waals surface area contributed by atoms with Gasteiger partial charge < -0.3 is 15.4 Å². The van der Waals surface area contributed by atoms with E-state index in [4.69, 9.17) is 4.74 Å². The van der Waals surface area contributed by atoms with Crippen LogP contribution in [0.1, 0.15) is 23.2 Å². The van der Waals surface area contributed by atoms with Crippen LogP contribution >= 0.6 is 0 Å². The van der Waals surface area contributed by atoms with E-state index in [-0.39, 0.29) is 35.7 Å². The number of benzene rings is 1. The van der Waals surface area contributed by atoms with Crippen molar-refractivity contribution in [3.8, 4) is 0 Å². The van der Waals surface area contributed by atoms with Crippen LogP contribution in [0.15, 0.2) is 29.2 Å². The molecule has 1 atom stereocenters. The van der Waals surface area contributed by atoms with Crippen molar-refractivity contribution < 1.29 is 22.7 Å². The van der Waals surface area contributed by atoms with Gasteiger partial charge in [0.05, 0.1) is 17.5 Å². The molecule has 0 bridgehead atoms. The molecule has 1 aliphatic heterocycles. The van der Waals surface area contributed by atoms with Crippen LogP contribution in [0.3, 0.4) is 0 Å². The summed E-state index contributed by atoms with van der Waals surface area (Å²) in [5, 5.41) is 5.29. The van der Waals surface area contributed by atoms with E-state index in [1.807, 2.05) is 0 Å². The third kappa shape index (κ3) is 5.00. The SMILES string of the molecule is CNC(=O)CCN(C)S(=O)(=O)c1ccc(C(=O)N[C@H]2CCOC2)cc1. The van der Waals surface area contributed by atoms with Gasteiger partial charge in [-0.3, -0.25) is 9.59 Å². The summed E-state index contributed by atoms with van der Waals surface area (Å²) in [6.07, 6.45) is 0.852. The van der Waals surface area contributed by atoms with Crippen molar-refractivity contribution in [3.05, 3.63) is 29.8 Å². The van der Waals surface area contributed by atoms with Crippen molar-refractivity contribution >= 4 is 21.8 Å². The predicted octanol–water partition coefficient (Wildman–Crippen LogP) is -0.0381. The van der Waals surface area contributed by atoms with Gasteiger partial charge in [0.25, 0.3) is 5.91 Å². The molecule has 0 spiro atoms. The Morgan fingerprint density at radius 2 is 1.96 bits per heavy atom. The molecule has 25 heavy (non-hydrogen) atoms. The average Bonchev–Trinajstić information content (AvgIpc) is 3.12. The second-order valence-electron chi connectivity index (χ2n) is 5.81. The van der Waals surface area contributed by atoms with Crippen LogP contribution in [0, 0.1) is 0 Å². The van der Waals surface area contributed by atoms with E-state index in [1.54, 1.807) is 0 Å². The van der Waals surface area contributed by atoms with E-state index in [2.05, 4.69) is 10.6 Å². The Hall–Kier alpha value is -1.97. The van der Waals surface area contributed by atoms with Gasteiger partial charge in [0.1, 0.15) is 0 Å². The van der Waals surface area contributed by atoms with Crippen LogP contribution in [0.25, 0.3) is 0 Å². The van der Waals surface area contributed by atoms with Crippen molar-refractivity contribution in [2.24, 2.45) is 0 Å². The third-order valence-electron chi connectivity index (χ3n) is 4.02. The molecule has 8 nitrogen and oxygen atoms in total. The van der Waals surface area contributed by atoms with Gasteiger partial charge >= 0.3 is 0 Å². The van der Waals surface area contributed by atoms with Crippen LogP contribution in [-0.4, -0.2) is 64.4 Å². The second-order valence-corrected chi connectivity index (χ2v) is 7.85. The first-order chi connectivity index (χ1) is 11.8. The van der Waals surface area contributed by atoms with Crippen LogP contribution in [-0.2, 0) is 19.6 Å². The first kappa shape index (κ1) is 19.4. The Bertz CT molecular complexity index is 712. The largest absolute Gasteiger partial charge is 0.379 e. The van der Waals surface area contributed by atoms with Crippen LogP contribution in [0.5, 0.6) is 0 Å². The predicted molar refractivity (Wildman–Crippen MR) is 91.6 cm³/mol. The summed E-state index contributed by atoms with van der Waals surface area (Å²) in [4.78, 5) is 23.5. The van der Waals surface area contributed by atoms with Gasteiger partial charge in [-0.2, -0.15) is 0 Å². The summed E-state index contributed by atoms with van der Waals surface area (Å²) in [6.45, 7) is 1.20. The number of hydrogen-bond donors (Lipinski definition) is 2. The summed E-state index contributed by atoms with van der Waals surface area (Å²) in [5.74, 6) is -0.489. The molecule has 2 amide bonds. The number of amides is 2. The molecule has 1 aromatic rings. The van der Waals surface area contributed by atoms with E-state index in [0.29, 0.717) is 18.8 Å². The maximum Gasteiger partial charge on any atom is 0.251 e. The van der Waals surface area contributed by atoms with E-state index in [9.17, 15) is 18.0 Å². The minimum atomic E-state index is -3.71. The van der Waals surface area contributed by atoms with Gasteiger partial charge in [-0.05, 0) is 30.7 Å². The fourth-order valence-electron chi connectivity index (χ4n) is 2.38. The molecule has 1 fully saturated rings. The van der Waals surface area contributed by atoms with Crippen molar-refractivity contribution in [3.63, 3.8) is 0 Å². The molecular weight excluding hydrogens is 346 g/mol. The van der Waals surface area contributed by atoms with E-state index >= 15 is 0 Å². The van der Waals surface area contributed by atoms with Crippen LogP contribution in [0.4, 0.5) is 0 Å². The highest BCUT2D eigenvalue weighted by Gasteiger charge is 2.22. The van der Waals surface area contributed by atoms with Gasteiger partial charge in [-0.1, -0.05) is 0 Å². The number of nitrogens with one attached hydrogen (secondary N) is 2. The molecule has 0 saturated carbocycles. The van der Waals surface area contributed by atoms with Crippen LogP contribution < -0.4 is 10.6 Å². The smallest absolute Gasteiger partial charge is 0.251 e. The lowest BCUT2D eigenvalue weighted by atomic mass is 10.2. The minimum absolute atomic E-state index is 0.00763. The minimum Gasteiger partial charge on any atom is -0.379 e. The number of ether oxygens (including phenoxy) is 1. The highest BCUT2D eigenvalue weighted by molar-refractivity contribution is 7.89. The zero-order valence-corrected chi connectivity index (χ0v) is 15.1. The zero-order valence-electron chi connectivity index (χ0n) is 14.3. The molecule has 0 unspecified atom stereocenters. The normalized spacial score (nSPS) is 17.5. The molecule has 0 aromatic heterocycles. The first-order valence-corrected chi connectivity index (χ1v) is 9.44. The molecule has 1 saturated heterocycles. The van der Waals surface area contributed by atoms with Crippen molar-refractivity contribution in [1.29, 1.82) is 0 Å². The summed E-state index contributed by atoms with van der Waals surface area (Å²) >= 11 is 0. The maximum absolute atomic E-state index is 12.5. The molecule has 1 aromatic carbocycles. The first-order valence-electron chi connectivity index (χ1n) is 8.00. The quantitative estimate of drug-likeness (QED) is 0.702. The number of hydrogen-bond acceptors (Lipinski definition) is 5. The summed E-state index contributed by atoms with van der Waals surface area (Å²) in [6, 6.07) is 5.74. The van der Waals surface area contributed by atoms with Crippen molar-refractivity contribution in [2.75, 3.05) is 33.9 Å². The van der Waals surface area contributed by atoms with Gasteiger partial charge in [0.2, 0.25) is 15.9 Å². The number of sulfonamides is 1. The Morgan fingerprint density at radius 1 is 1.28 bits per heavy atom. The molecule has 1 aliphatic rings. The fourth-order valence-corrected chi connectivity index (χ4v) is 3.55. The molecule has 0 radical (unpaired) electrons. The summed E-state index contributed by atoms with van der Waals surface area (Å²) < 4.78 is 31.3. The zero-order chi connectivity index (χ0) is 18.4. The standard InChI is InChI=1S/C16H23N3O5S/c1-17-15(20)7-9-19(2)25(22,23)14-5-3-12(4-6-14)16(21)18-13-8-10-24-11-13/h3-6,13H,7-11H2,1-2H3,(H,17,20)(H,18,21)/t13-/m0/s1. The summed E-state index contributed by atoms with van der Waals surface area (Å²) in [5.41, 5.74) is 0.388. The topological polar surface area (TPSA) is 105 Å². The molecule has 0 aliphatic carbocycles. The fraction of sp³-hybridized carbons (Fsp3) is 0.500. The highest BCUT2D eigenvalue weighted by Crippen LogP contribution is 2.16. The van der Waals surface area contributed by atoms with Gasteiger partial charge in [-0.15, -0.1) is 0 Å². The Kier molecular flexibility index (Phi) is 6.51. The number of rotatable bonds is 7. The molecule has 2 rings (SSSR count). The van der Waals surface area contributed by atoms with Crippen molar-refractivity contribution in [1.82, 2.24) is 14.9 Å². The van der Waals surface area contributed by atoms with Gasteiger partial charge in [-0.25, -0.2) is 12.7 Å². The Morgan fingerprint density at radius 3 is 2.52 bits per heavy atom. The van der Waals surface area contributed by atoms with Crippen molar-refractivity contribution in [2.45, 2.75) is 23.8 Å². The molecule has 2 N–H and O–H groups in total. The van der Waals surface area contributed by atoms with Gasteiger partial charge in [0, 0.05) is 39.2 Å². The van der Waals surface area contributed by atoms with Crippen LogP contribution in [0.2, 0.25) is 0 Å². The lowest BCUT2D eigenvalue weighted by Crippen LogP contribution is -2.35. The Balaban J connectivity index is 2.01. The number of carbonyl (C=O) groups is 2. The van der Waals surface area contributed by atoms with E-state index in [0.717, 1.165) is 10.7 Å². The Labute approximate surface area is 147 Å². The summed E-state index contributed by atoms with van der Waals surface area (Å²) in [7, 11) is -0.792. The lowest BCUT2D eigenvalue weighted by molar-refractivity contribution is -0.120.